The largest absolute Gasteiger partial charge is 0.497 e. The molecule has 170 valence electrons. The Morgan fingerprint density at radius 1 is 0.879 bits per heavy atom. The number of fused-ring (bicyclic) bond motifs is 1. The topological polar surface area (TPSA) is 105 Å². The van der Waals surface area contributed by atoms with Gasteiger partial charge in [-0.2, -0.15) is 4.98 Å². The molecule has 4 rings (SSSR count). The van der Waals surface area contributed by atoms with Crippen molar-refractivity contribution in [2.45, 2.75) is 11.8 Å². The van der Waals surface area contributed by atoms with Crippen LogP contribution in [0.5, 0.6) is 5.75 Å². The molecule has 0 fully saturated rings. The van der Waals surface area contributed by atoms with Crippen LogP contribution in [0.25, 0.3) is 10.8 Å². The maximum absolute atomic E-state index is 12.7. The quantitative estimate of drug-likeness (QED) is 0.321. The average molecular weight is 464 g/mol. The second-order valence-electron chi connectivity index (χ2n) is 7.41. The zero-order valence-corrected chi connectivity index (χ0v) is 19.2. The molecule has 4 aromatic rings. The number of nitrogens with zero attached hydrogens (tertiary/aromatic N) is 2. The van der Waals surface area contributed by atoms with Gasteiger partial charge in [0.25, 0.3) is 0 Å². The molecule has 0 spiro atoms. The summed E-state index contributed by atoms with van der Waals surface area (Å²) in [5.74, 6) is 1.82. The van der Waals surface area contributed by atoms with Crippen LogP contribution in [0.3, 0.4) is 0 Å². The number of sulfonamides is 1. The normalized spacial score (nSPS) is 11.3. The van der Waals surface area contributed by atoms with Crippen LogP contribution in [-0.2, 0) is 10.0 Å². The number of hydrogen-bond donors (Lipinski definition) is 3. The third kappa shape index (κ3) is 5.76. The van der Waals surface area contributed by atoms with Gasteiger partial charge in [-0.3, -0.25) is 0 Å². The molecule has 8 nitrogen and oxygen atoms in total. The molecule has 33 heavy (non-hydrogen) atoms. The van der Waals surface area contributed by atoms with E-state index in [1.165, 1.54) is 0 Å². The van der Waals surface area contributed by atoms with Gasteiger partial charge in [0.15, 0.2) is 0 Å². The molecule has 0 bridgehead atoms. The van der Waals surface area contributed by atoms with Gasteiger partial charge in [0.2, 0.25) is 16.0 Å². The minimum atomic E-state index is -3.62. The van der Waals surface area contributed by atoms with E-state index >= 15 is 0 Å². The van der Waals surface area contributed by atoms with Crippen LogP contribution in [0.4, 0.5) is 17.5 Å². The molecule has 0 aliphatic carbocycles. The molecular formula is C24H25N5O3S. The summed E-state index contributed by atoms with van der Waals surface area (Å²) in [4.78, 5) is 9.06. The Labute approximate surface area is 193 Å². The molecule has 1 aromatic heterocycles. The fraction of sp³-hybridized carbons (Fsp3) is 0.167. The van der Waals surface area contributed by atoms with Gasteiger partial charge in [0, 0.05) is 30.5 Å². The van der Waals surface area contributed by atoms with Gasteiger partial charge in [0.1, 0.15) is 11.6 Å². The highest BCUT2D eigenvalue weighted by molar-refractivity contribution is 7.89. The number of ether oxygens (including phenoxy) is 1. The smallest absolute Gasteiger partial charge is 0.240 e. The number of anilines is 3. The van der Waals surface area contributed by atoms with E-state index in [9.17, 15) is 8.42 Å². The van der Waals surface area contributed by atoms with Crippen LogP contribution in [-0.4, -0.2) is 38.6 Å². The highest BCUT2D eigenvalue weighted by Gasteiger charge is 2.14. The molecule has 0 radical (unpaired) electrons. The molecule has 0 unspecified atom stereocenters. The maximum Gasteiger partial charge on any atom is 0.240 e. The first kappa shape index (κ1) is 22.5. The van der Waals surface area contributed by atoms with Gasteiger partial charge in [0.05, 0.1) is 12.0 Å². The van der Waals surface area contributed by atoms with E-state index in [0.29, 0.717) is 18.3 Å². The van der Waals surface area contributed by atoms with Gasteiger partial charge in [-0.25, -0.2) is 18.1 Å². The number of aryl methyl sites for hydroxylation is 1. The van der Waals surface area contributed by atoms with E-state index in [-0.39, 0.29) is 11.4 Å². The third-order valence-electron chi connectivity index (χ3n) is 4.95. The van der Waals surface area contributed by atoms with Crippen molar-refractivity contribution in [2.24, 2.45) is 0 Å². The molecule has 0 saturated carbocycles. The van der Waals surface area contributed by atoms with Crippen LogP contribution in [0.15, 0.2) is 77.7 Å². The van der Waals surface area contributed by atoms with Crippen LogP contribution in [0, 0.1) is 6.92 Å². The summed E-state index contributed by atoms with van der Waals surface area (Å²) in [5, 5.41) is 8.18. The Morgan fingerprint density at radius 2 is 1.64 bits per heavy atom. The minimum Gasteiger partial charge on any atom is -0.497 e. The van der Waals surface area contributed by atoms with Crippen molar-refractivity contribution in [3.05, 3.63) is 78.5 Å². The highest BCUT2D eigenvalue weighted by Crippen LogP contribution is 2.20. The minimum absolute atomic E-state index is 0.188. The van der Waals surface area contributed by atoms with Crippen molar-refractivity contribution in [1.82, 2.24) is 14.7 Å². The van der Waals surface area contributed by atoms with E-state index in [0.717, 1.165) is 27.9 Å². The summed E-state index contributed by atoms with van der Waals surface area (Å²) in [6.07, 6.45) is 0. The molecule has 0 aliphatic heterocycles. The van der Waals surface area contributed by atoms with Crippen LogP contribution in [0.2, 0.25) is 0 Å². The van der Waals surface area contributed by atoms with Gasteiger partial charge in [-0.1, -0.05) is 30.3 Å². The van der Waals surface area contributed by atoms with E-state index in [1.54, 1.807) is 25.3 Å². The predicted molar refractivity (Wildman–Crippen MR) is 131 cm³/mol. The Morgan fingerprint density at radius 3 is 2.39 bits per heavy atom. The van der Waals surface area contributed by atoms with Gasteiger partial charge >= 0.3 is 0 Å². The second-order valence-corrected chi connectivity index (χ2v) is 9.17. The Hall–Kier alpha value is -3.69. The summed E-state index contributed by atoms with van der Waals surface area (Å²) in [6.45, 7) is 2.39. The van der Waals surface area contributed by atoms with E-state index in [1.807, 2.05) is 61.5 Å². The fourth-order valence-corrected chi connectivity index (χ4v) is 4.38. The van der Waals surface area contributed by atoms with Crippen molar-refractivity contribution in [3.63, 3.8) is 0 Å². The number of methoxy groups -OCH3 is 1. The summed E-state index contributed by atoms with van der Waals surface area (Å²) in [7, 11) is -2.00. The lowest BCUT2D eigenvalue weighted by Gasteiger charge is -2.11. The summed E-state index contributed by atoms with van der Waals surface area (Å²) in [6, 6.07) is 22.1. The van der Waals surface area contributed by atoms with Gasteiger partial charge < -0.3 is 15.4 Å². The van der Waals surface area contributed by atoms with Crippen molar-refractivity contribution >= 4 is 38.2 Å². The Balaban J connectivity index is 1.35. The molecule has 0 saturated heterocycles. The van der Waals surface area contributed by atoms with E-state index < -0.39 is 10.0 Å². The number of hydrogen-bond acceptors (Lipinski definition) is 7. The lowest BCUT2D eigenvalue weighted by atomic mass is 10.1. The average Bonchev–Trinajstić information content (AvgIpc) is 2.82. The van der Waals surface area contributed by atoms with Crippen molar-refractivity contribution in [1.29, 1.82) is 0 Å². The number of benzene rings is 3. The fourth-order valence-electron chi connectivity index (χ4n) is 3.31. The first-order chi connectivity index (χ1) is 15.9. The molecule has 0 aliphatic rings. The third-order valence-corrected chi connectivity index (χ3v) is 6.41. The molecule has 0 atom stereocenters. The van der Waals surface area contributed by atoms with Crippen molar-refractivity contribution < 1.29 is 13.2 Å². The molecule has 0 amide bonds. The van der Waals surface area contributed by atoms with Crippen molar-refractivity contribution in [3.8, 4) is 5.75 Å². The van der Waals surface area contributed by atoms with E-state index in [2.05, 4.69) is 25.3 Å². The first-order valence-corrected chi connectivity index (χ1v) is 11.9. The number of nitrogens with one attached hydrogen (secondary N) is 3. The van der Waals surface area contributed by atoms with E-state index in [4.69, 9.17) is 4.74 Å². The Kier molecular flexibility index (Phi) is 6.71. The lowest BCUT2D eigenvalue weighted by Crippen LogP contribution is -2.29. The number of rotatable bonds is 9. The molecular weight excluding hydrogens is 438 g/mol. The van der Waals surface area contributed by atoms with Gasteiger partial charge in [-0.05, 0) is 54.1 Å². The maximum atomic E-state index is 12.7. The molecule has 3 aromatic carbocycles. The highest BCUT2D eigenvalue weighted by atomic mass is 32.2. The summed E-state index contributed by atoms with van der Waals surface area (Å²) >= 11 is 0. The molecule has 3 N–H and O–H groups in total. The Bertz CT molecular complexity index is 1360. The first-order valence-electron chi connectivity index (χ1n) is 10.4. The van der Waals surface area contributed by atoms with Crippen LogP contribution in [0.1, 0.15) is 5.69 Å². The SMILES string of the molecule is COc1ccc(Nc2cc(C)nc(NCCNS(=O)(=O)c3ccc4ccccc4c3)n2)cc1. The van der Waals surface area contributed by atoms with Crippen molar-refractivity contribution in [2.75, 3.05) is 30.8 Å². The lowest BCUT2D eigenvalue weighted by molar-refractivity contribution is 0.415. The van der Waals surface area contributed by atoms with Gasteiger partial charge in [-0.15, -0.1) is 0 Å². The standard InChI is InChI=1S/C24H25N5O3S/c1-17-15-23(28-20-8-10-21(32-2)11-9-20)29-24(27-17)25-13-14-26-33(30,31)22-12-7-18-5-3-4-6-19(18)16-22/h3-12,15-16,26H,13-14H2,1-2H3,(H2,25,27,28,29). The van der Waals surface area contributed by atoms with Crippen LogP contribution < -0.4 is 20.1 Å². The van der Waals surface area contributed by atoms with Crippen LogP contribution >= 0.6 is 0 Å². The molecule has 9 heteroatoms. The molecule has 1 heterocycles. The zero-order chi connectivity index (χ0) is 23.3. The second kappa shape index (κ2) is 9.85. The zero-order valence-electron chi connectivity index (χ0n) is 18.4. The predicted octanol–water partition coefficient (Wildman–Crippen LogP) is 4.08. The monoisotopic (exact) mass is 463 g/mol. The number of aromatic nitrogens is 2. The summed E-state index contributed by atoms with van der Waals surface area (Å²) in [5.41, 5.74) is 1.64. The summed E-state index contributed by atoms with van der Waals surface area (Å²) < 4.78 is 33.1.